The van der Waals surface area contributed by atoms with E-state index in [1.54, 1.807) is 0 Å². The predicted molar refractivity (Wildman–Crippen MR) is 83.1 cm³/mol. The van der Waals surface area contributed by atoms with E-state index >= 15 is 0 Å². The van der Waals surface area contributed by atoms with E-state index in [9.17, 15) is 4.32 Å². The summed E-state index contributed by atoms with van der Waals surface area (Å²) in [4.78, 5) is 0. The van der Waals surface area contributed by atoms with Crippen molar-refractivity contribution >= 4 is 6.99 Å². The lowest BCUT2D eigenvalue weighted by Crippen LogP contribution is -2.16. The zero-order valence-electron chi connectivity index (χ0n) is 13.2. The molecular formula is C16H34BF. The van der Waals surface area contributed by atoms with E-state index in [2.05, 4.69) is 27.7 Å². The fourth-order valence-electron chi connectivity index (χ4n) is 2.78. The van der Waals surface area contributed by atoms with Crippen molar-refractivity contribution in [2.75, 3.05) is 0 Å². The third-order valence-corrected chi connectivity index (χ3v) is 4.26. The van der Waals surface area contributed by atoms with Gasteiger partial charge in [0.15, 0.2) is 0 Å². The molecule has 108 valence electrons. The first-order valence-electron chi connectivity index (χ1n) is 8.31. The van der Waals surface area contributed by atoms with Crippen molar-refractivity contribution in [1.82, 2.24) is 0 Å². The van der Waals surface area contributed by atoms with Gasteiger partial charge in [-0.2, -0.15) is 0 Å². The van der Waals surface area contributed by atoms with Gasteiger partial charge < -0.3 is 4.32 Å². The van der Waals surface area contributed by atoms with E-state index in [0.29, 0.717) is 11.8 Å². The Bertz CT molecular complexity index is 154. The van der Waals surface area contributed by atoms with Crippen molar-refractivity contribution in [3.63, 3.8) is 0 Å². The summed E-state index contributed by atoms with van der Waals surface area (Å²) in [5, 5.41) is 0. The van der Waals surface area contributed by atoms with Crippen LogP contribution >= 0.6 is 0 Å². The summed E-state index contributed by atoms with van der Waals surface area (Å²) in [6, 6.07) is 0. The van der Waals surface area contributed by atoms with Crippen molar-refractivity contribution in [1.29, 1.82) is 0 Å². The van der Waals surface area contributed by atoms with Crippen LogP contribution in [0.25, 0.3) is 0 Å². The molecule has 0 aliphatic carbocycles. The monoisotopic (exact) mass is 256 g/mol. The van der Waals surface area contributed by atoms with E-state index in [1.165, 1.54) is 38.5 Å². The highest BCUT2D eigenvalue weighted by atomic mass is 19.1. The Kier molecular flexibility index (Phi) is 12.0. The average Bonchev–Trinajstić information content (AvgIpc) is 2.39. The van der Waals surface area contributed by atoms with Crippen LogP contribution in [-0.2, 0) is 0 Å². The molecule has 18 heavy (non-hydrogen) atoms. The Morgan fingerprint density at radius 2 is 1.17 bits per heavy atom. The van der Waals surface area contributed by atoms with Gasteiger partial charge in [0, 0.05) is 0 Å². The summed E-state index contributed by atoms with van der Waals surface area (Å²) in [5.41, 5.74) is 0. The second-order valence-corrected chi connectivity index (χ2v) is 5.90. The minimum atomic E-state index is -0.561. The van der Waals surface area contributed by atoms with E-state index in [1.807, 2.05) is 0 Å². The van der Waals surface area contributed by atoms with Gasteiger partial charge in [0.25, 0.3) is 0 Å². The molecule has 0 aromatic heterocycles. The van der Waals surface area contributed by atoms with E-state index in [0.717, 1.165) is 25.5 Å². The van der Waals surface area contributed by atoms with Gasteiger partial charge >= 0.3 is 6.99 Å². The maximum atomic E-state index is 14.1. The highest BCUT2D eigenvalue weighted by Crippen LogP contribution is 2.26. The fourth-order valence-corrected chi connectivity index (χ4v) is 2.78. The molecule has 0 radical (unpaired) electrons. The lowest BCUT2D eigenvalue weighted by molar-refractivity contribution is 0.457. The van der Waals surface area contributed by atoms with Crippen LogP contribution in [0.15, 0.2) is 0 Å². The summed E-state index contributed by atoms with van der Waals surface area (Å²) in [6.45, 7) is 8.30. The van der Waals surface area contributed by atoms with Gasteiger partial charge in [-0.1, -0.05) is 79.1 Å². The number of hydrogen-bond donors (Lipinski definition) is 0. The molecule has 0 aliphatic heterocycles. The van der Waals surface area contributed by atoms with Gasteiger partial charge in [0.05, 0.1) is 0 Å². The largest absolute Gasteiger partial charge is 0.348 e. The van der Waals surface area contributed by atoms with E-state index < -0.39 is 6.99 Å². The lowest BCUT2D eigenvalue weighted by atomic mass is 9.57. The molecule has 2 unspecified atom stereocenters. The van der Waals surface area contributed by atoms with Crippen molar-refractivity contribution in [2.45, 2.75) is 91.7 Å². The molecule has 0 aromatic carbocycles. The van der Waals surface area contributed by atoms with Gasteiger partial charge in [-0.15, -0.1) is 0 Å². The van der Waals surface area contributed by atoms with Crippen LogP contribution in [0.3, 0.4) is 0 Å². The minimum Gasteiger partial charge on any atom is -0.336 e. The summed E-state index contributed by atoms with van der Waals surface area (Å²) in [6.07, 6.45) is 11.3. The Labute approximate surface area is 115 Å². The average molecular weight is 256 g/mol. The van der Waals surface area contributed by atoms with E-state index in [4.69, 9.17) is 0 Å². The highest BCUT2D eigenvalue weighted by molar-refractivity contribution is 6.51. The summed E-state index contributed by atoms with van der Waals surface area (Å²) in [5.74, 6) is 1.23. The SMILES string of the molecule is CCCCC(CC)CB(F)CC(CC)CCCC. The van der Waals surface area contributed by atoms with Gasteiger partial charge in [-0.3, -0.25) is 0 Å². The Balaban J connectivity index is 3.92. The zero-order valence-corrected chi connectivity index (χ0v) is 13.2. The summed E-state index contributed by atoms with van der Waals surface area (Å²) in [7, 11) is 0. The molecule has 0 saturated carbocycles. The Morgan fingerprint density at radius 3 is 1.44 bits per heavy atom. The van der Waals surface area contributed by atoms with Gasteiger partial charge in [-0.25, -0.2) is 0 Å². The second-order valence-electron chi connectivity index (χ2n) is 5.90. The predicted octanol–water partition coefficient (Wildman–Crippen LogP) is 6.38. The lowest BCUT2D eigenvalue weighted by Gasteiger charge is -2.19. The molecule has 0 bridgehead atoms. The van der Waals surface area contributed by atoms with Gasteiger partial charge in [0.1, 0.15) is 0 Å². The summed E-state index contributed by atoms with van der Waals surface area (Å²) >= 11 is 0. The summed E-state index contributed by atoms with van der Waals surface area (Å²) < 4.78 is 14.1. The third-order valence-electron chi connectivity index (χ3n) is 4.26. The molecule has 2 atom stereocenters. The molecule has 0 rings (SSSR count). The maximum Gasteiger partial charge on any atom is 0.348 e. The standard InChI is InChI=1S/C16H34BF/c1-5-9-11-15(7-3)13-17(18)14-16(8-4)12-10-6-2/h15-16H,5-14H2,1-4H3. The molecule has 2 heteroatoms. The maximum absolute atomic E-state index is 14.1. The molecule has 0 amide bonds. The van der Waals surface area contributed by atoms with Crippen LogP contribution < -0.4 is 0 Å². The van der Waals surface area contributed by atoms with Crippen molar-refractivity contribution in [2.24, 2.45) is 11.8 Å². The van der Waals surface area contributed by atoms with Crippen LogP contribution in [0.2, 0.25) is 12.6 Å². The second kappa shape index (κ2) is 12.1. The van der Waals surface area contributed by atoms with Crippen molar-refractivity contribution in [3.8, 4) is 0 Å². The minimum absolute atomic E-state index is 0.561. The Morgan fingerprint density at radius 1 is 0.778 bits per heavy atom. The normalized spacial score (nSPS) is 14.5. The molecule has 0 aliphatic rings. The smallest absolute Gasteiger partial charge is 0.336 e. The van der Waals surface area contributed by atoms with E-state index in [-0.39, 0.29) is 0 Å². The molecular weight excluding hydrogens is 222 g/mol. The van der Waals surface area contributed by atoms with Crippen LogP contribution in [0.1, 0.15) is 79.1 Å². The highest BCUT2D eigenvalue weighted by Gasteiger charge is 2.22. The third kappa shape index (κ3) is 9.00. The van der Waals surface area contributed by atoms with Crippen LogP contribution in [-0.4, -0.2) is 6.99 Å². The number of rotatable bonds is 12. The number of hydrogen-bond acceptors (Lipinski definition) is 0. The molecule has 0 N–H and O–H groups in total. The molecule has 0 saturated heterocycles. The van der Waals surface area contributed by atoms with Crippen LogP contribution in [0.4, 0.5) is 4.32 Å². The first-order valence-corrected chi connectivity index (χ1v) is 8.31. The van der Waals surface area contributed by atoms with Crippen LogP contribution in [0.5, 0.6) is 0 Å². The molecule has 0 spiro atoms. The number of unbranched alkanes of at least 4 members (excludes halogenated alkanes) is 2. The van der Waals surface area contributed by atoms with Crippen molar-refractivity contribution < 1.29 is 4.32 Å². The van der Waals surface area contributed by atoms with Crippen LogP contribution in [0, 0.1) is 11.8 Å². The Hall–Kier alpha value is -0.00506. The zero-order chi connectivity index (χ0) is 13.8. The first kappa shape index (κ1) is 18.0. The number of halogens is 1. The fraction of sp³-hybridized carbons (Fsp3) is 1.00. The van der Waals surface area contributed by atoms with Gasteiger partial charge in [0.2, 0.25) is 0 Å². The van der Waals surface area contributed by atoms with Crippen molar-refractivity contribution in [3.05, 3.63) is 0 Å². The molecule has 0 fully saturated rings. The molecule has 0 nitrogen and oxygen atoms in total. The molecule has 0 aromatic rings. The van der Waals surface area contributed by atoms with Gasteiger partial charge in [-0.05, 0) is 24.5 Å². The quantitative estimate of drug-likeness (QED) is 0.355. The first-order chi connectivity index (χ1) is 8.67. The molecule has 0 heterocycles. The topological polar surface area (TPSA) is 0 Å².